The molecule has 0 aromatic carbocycles. The minimum absolute atomic E-state index is 0.00840. The first-order chi connectivity index (χ1) is 39.2. The number of amides is 1. The van der Waals surface area contributed by atoms with Crippen LogP contribution in [0, 0.1) is 0 Å². The van der Waals surface area contributed by atoms with E-state index in [9.17, 15) is 35.1 Å². The number of hydrogen-bond acceptors (Lipinski definition) is 10. The number of hydrogen-bond donors (Lipinski definition) is 6. The molecule has 1 fully saturated rings. The number of unbranched alkanes of at least 4 members (excludes halogenated alkanes) is 45. The summed E-state index contributed by atoms with van der Waals surface area (Å²) in [5, 5.41) is 54.5. The molecule has 1 saturated heterocycles. The largest absolute Gasteiger partial charge is 0.466 e. The van der Waals surface area contributed by atoms with Gasteiger partial charge >= 0.3 is 5.97 Å². The number of esters is 1. The highest BCUT2D eigenvalue weighted by Crippen LogP contribution is 2.23. The number of carbonyl (C=O) groups excluding carboxylic acids is 2. The summed E-state index contributed by atoms with van der Waals surface area (Å²) in [4.78, 5) is 25.1. The normalized spacial score (nSPS) is 18.4. The molecule has 1 heterocycles. The van der Waals surface area contributed by atoms with Crippen molar-refractivity contribution < 1.29 is 49.3 Å². The maximum absolute atomic E-state index is 13.1. The first kappa shape index (κ1) is 76.2. The van der Waals surface area contributed by atoms with Crippen LogP contribution >= 0.6 is 0 Å². The fourth-order valence-corrected chi connectivity index (χ4v) is 11.1. The van der Waals surface area contributed by atoms with Gasteiger partial charge in [-0.15, -0.1) is 0 Å². The van der Waals surface area contributed by atoms with E-state index in [0.717, 1.165) is 57.8 Å². The molecule has 1 amide bonds. The third-order valence-corrected chi connectivity index (χ3v) is 16.6. The average molecular weight is 1130 g/mol. The standard InChI is InChI=1S/C69H131NO10/c1-3-5-7-9-11-13-15-16-32-36-39-43-47-51-55-62(72)61(60-79-69-68(77)67(76)66(75)63(59-71)80-69)70-64(73)56-52-48-44-40-37-33-30-28-26-24-22-20-18-17-19-21-23-25-27-29-31-34-38-42-46-50-54-58-78-65(74)57-53-49-45-41-35-14-12-10-8-6-4-2/h36,39,51,55,61-63,66-69,71-72,75-77H,3-35,37-38,40-50,52-54,56-60H2,1-2H3,(H,70,73)/b39-36+,55-51+. The number of nitrogens with one attached hydrogen (secondary N) is 1. The van der Waals surface area contributed by atoms with Gasteiger partial charge in [0.15, 0.2) is 6.29 Å². The summed E-state index contributed by atoms with van der Waals surface area (Å²) in [6.07, 6.45) is 63.0. The molecule has 0 aliphatic carbocycles. The minimum Gasteiger partial charge on any atom is -0.466 e. The molecule has 472 valence electrons. The molecule has 1 aliphatic rings. The summed E-state index contributed by atoms with van der Waals surface area (Å²) in [6, 6.07) is -0.825. The lowest BCUT2D eigenvalue weighted by molar-refractivity contribution is -0.302. The maximum atomic E-state index is 13.1. The van der Waals surface area contributed by atoms with Gasteiger partial charge in [-0.1, -0.05) is 308 Å². The van der Waals surface area contributed by atoms with E-state index in [1.165, 1.54) is 257 Å². The molecule has 0 bridgehead atoms. The van der Waals surface area contributed by atoms with Crippen LogP contribution in [0.5, 0.6) is 0 Å². The fourth-order valence-electron chi connectivity index (χ4n) is 11.1. The van der Waals surface area contributed by atoms with Crippen molar-refractivity contribution >= 4 is 11.9 Å². The van der Waals surface area contributed by atoms with Crippen LogP contribution in [-0.2, 0) is 23.8 Å². The molecule has 0 radical (unpaired) electrons. The number of aliphatic hydroxyl groups excluding tert-OH is 5. The summed E-state index contributed by atoms with van der Waals surface area (Å²) in [5.41, 5.74) is 0. The highest BCUT2D eigenvalue weighted by molar-refractivity contribution is 5.76. The van der Waals surface area contributed by atoms with Crippen LogP contribution in [0.25, 0.3) is 0 Å². The van der Waals surface area contributed by atoms with Gasteiger partial charge < -0.3 is 45.1 Å². The topological polar surface area (TPSA) is 175 Å². The molecule has 7 unspecified atom stereocenters. The van der Waals surface area contributed by atoms with Crippen molar-refractivity contribution in [2.24, 2.45) is 0 Å². The molecule has 1 aliphatic heterocycles. The van der Waals surface area contributed by atoms with E-state index in [2.05, 4.69) is 31.3 Å². The number of allylic oxidation sites excluding steroid dienone is 3. The quantitative estimate of drug-likeness (QED) is 0.0195. The second kappa shape index (κ2) is 58.9. The molecule has 0 aromatic heterocycles. The maximum Gasteiger partial charge on any atom is 0.305 e. The Hall–Kier alpha value is -1.86. The van der Waals surface area contributed by atoms with Gasteiger partial charge in [-0.05, 0) is 44.9 Å². The molecular formula is C69H131NO10. The fraction of sp³-hybridized carbons (Fsp3) is 0.913. The summed E-state index contributed by atoms with van der Waals surface area (Å²) < 4.78 is 16.7. The lowest BCUT2D eigenvalue weighted by Gasteiger charge is -2.40. The van der Waals surface area contributed by atoms with Gasteiger partial charge in [0, 0.05) is 12.8 Å². The molecule has 80 heavy (non-hydrogen) atoms. The van der Waals surface area contributed by atoms with Gasteiger partial charge in [-0.3, -0.25) is 9.59 Å². The van der Waals surface area contributed by atoms with E-state index in [1.54, 1.807) is 6.08 Å². The SMILES string of the molecule is CCCCCCCCCC/C=C/CC/C=C/C(O)C(COC1OC(CO)C(O)C(O)C1O)NC(=O)CCCCCCCCCCCCCCCCCCCCCCCCCCCCCOC(=O)CCCCCCCCCCCCC. The number of carbonyl (C=O) groups is 2. The van der Waals surface area contributed by atoms with Crippen LogP contribution in [-0.4, -0.2) is 100 Å². The lowest BCUT2D eigenvalue weighted by Crippen LogP contribution is -2.60. The van der Waals surface area contributed by atoms with E-state index in [-0.39, 0.29) is 18.5 Å². The lowest BCUT2D eigenvalue weighted by atomic mass is 9.99. The van der Waals surface area contributed by atoms with Crippen LogP contribution in [0.3, 0.4) is 0 Å². The van der Waals surface area contributed by atoms with Gasteiger partial charge in [0.25, 0.3) is 0 Å². The highest BCUT2D eigenvalue weighted by atomic mass is 16.7. The smallest absolute Gasteiger partial charge is 0.305 e. The summed E-state index contributed by atoms with van der Waals surface area (Å²) in [5.74, 6) is -0.179. The summed E-state index contributed by atoms with van der Waals surface area (Å²) in [7, 11) is 0. The van der Waals surface area contributed by atoms with Gasteiger partial charge in [0.1, 0.15) is 24.4 Å². The third kappa shape index (κ3) is 47.5. The van der Waals surface area contributed by atoms with Crippen molar-refractivity contribution in [3.63, 3.8) is 0 Å². The molecule has 0 spiro atoms. The molecule has 0 aromatic rings. The van der Waals surface area contributed by atoms with Gasteiger partial charge in [-0.2, -0.15) is 0 Å². The van der Waals surface area contributed by atoms with Gasteiger partial charge in [-0.25, -0.2) is 0 Å². The Balaban J connectivity index is 2.00. The van der Waals surface area contributed by atoms with Gasteiger partial charge in [0.05, 0.1) is 32.0 Å². The van der Waals surface area contributed by atoms with Crippen LogP contribution in [0.15, 0.2) is 24.3 Å². The zero-order chi connectivity index (χ0) is 58.0. The monoisotopic (exact) mass is 1130 g/mol. The second-order valence-corrected chi connectivity index (χ2v) is 24.2. The van der Waals surface area contributed by atoms with E-state index in [0.29, 0.717) is 19.4 Å². The molecule has 11 nitrogen and oxygen atoms in total. The zero-order valence-corrected chi connectivity index (χ0v) is 52.3. The number of aliphatic hydroxyl groups is 5. The predicted molar refractivity (Wildman–Crippen MR) is 334 cm³/mol. The Morgan fingerprint density at radius 2 is 0.812 bits per heavy atom. The van der Waals surface area contributed by atoms with E-state index < -0.39 is 49.5 Å². The Morgan fingerprint density at radius 3 is 1.24 bits per heavy atom. The Labute approximate surface area is 492 Å². The molecule has 7 atom stereocenters. The molecule has 11 heteroatoms. The molecule has 1 rings (SSSR count). The molecule has 6 N–H and O–H groups in total. The van der Waals surface area contributed by atoms with Gasteiger partial charge in [0.2, 0.25) is 5.91 Å². The van der Waals surface area contributed by atoms with Crippen LogP contribution in [0.4, 0.5) is 0 Å². The second-order valence-electron chi connectivity index (χ2n) is 24.2. The average Bonchev–Trinajstić information content (AvgIpc) is 3.47. The molecule has 0 saturated carbocycles. The Bertz CT molecular complexity index is 1380. The summed E-state index contributed by atoms with van der Waals surface area (Å²) >= 11 is 0. The highest BCUT2D eigenvalue weighted by Gasteiger charge is 2.44. The zero-order valence-electron chi connectivity index (χ0n) is 52.3. The van der Waals surface area contributed by atoms with Crippen LogP contribution in [0.2, 0.25) is 0 Å². The van der Waals surface area contributed by atoms with Crippen molar-refractivity contribution in [1.29, 1.82) is 0 Å². The number of rotatable bonds is 61. The number of ether oxygens (including phenoxy) is 3. The third-order valence-electron chi connectivity index (χ3n) is 16.6. The van der Waals surface area contributed by atoms with Crippen molar-refractivity contribution in [3.8, 4) is 0 Å². The van der Waals surface area contributed by atoms with Crippen molar-refractivity contribution in [1.82, 2.24) is 5.32 Å². The van der Waals surface area contributed by atoms with Crippen LogP contribution < -0.4 is 5.32 Å². The molecular weight excluding hydrogens is 1000 g/mol. The van der Waals surface area contributed by atoms with Crippen molar-refractivity contribution in [2.45, 2.75) is 384 Å². The van der Waals surface area contributed by atoms with E-state index >= 15 is 0 Å². The van der Waals surface area contributed by atoms with Crippen molar-refractivity contribution in [3.05, 3.63) is 24.3 Å². The van der Waals surface area contributed by atoms with E-state index in [1.807, 2.05) is 6.08 Å². The summed E-state index contributed by atoms with van der Waals surface area (Å²) in [6.45, 7) is 4.36. The van der Waals surface area contributed by atoms with E-state index in [4.69, 9.17) is 14.2 Å². The van der Waals surface area contributed by atoms with Crippen LogP contribution in [0.1, 0.15) is 341 Å². The van der Waals surface area contributed by atoms with Crippen molar-refractivity contribution in [2.75, 3.05) is 19.8 Å². The Kier molecular flexibility index (Phi) is 56.1. The first-order valence-electron chi connectivity index (χ1n) is 34.6. The minimum atomic E-state index is -1.57. The predicted octanol–water partition coefficient (Wildman–Crippen LogP) is 17.2. The first-order valence-corrected chi connectivity index (χ1v) is 34.6. The Morgan fingerprint density at radius 1 is 0.450 bits per heavy atom.